The third-order valence-electron chi connectivity index (χ3n) is 3.80. The first-order chi connectivity index (χ1) is 10.2. The van der Waals surface area contributed by atoms with E-state index < -0.39 is 0 Å². The van der Waals surface area contributed by atoms with Crippen LogP contribution in [0.1, 0.15) is 16.7 Å². The summed E-state index contributed by atoms with van der Waals surface area (Å²) >= 11 is 0. The Morgan fingerprint density at radius 3 is 2.43 bits per heavy atom. The zero-order valence-electron chi connectivity index (χ0n) is 12.8. The number of anilines is 1. The summed E-state index contributed by atoms with van der Waals surface area (Å²) in [6, 6.07) is 17.6. The van der Waals surface area contributed by atoms with Gasteiger partial charge >= 0.3 is 0 Å². The van der Waals surface area contributed by atoms with Crippen molar-refractivity contribution in [2.75, 3.05) is 19.0 Å². The molecule has 1 aliphatic rings. The molecule has 2 aromatic carbocycles. The molecule has 108 valence electrons. The Morgan fingerprint density at radius 2 is 1.67 bits per heavy atom. The van der Waals surface area contributed by atoms with E-state index in [9.17, 15) is 0 Å². The normalized spacial score (nSPS) is 13.6. The molecule has 21 heavy (non-hydrogen) atoms. The molecular formula is C19H22N2. The highest BCUT2D eigenvalue weighted by Gasteiger charge is 2.12. The number of benzene rings is 2. The molecule has 1 heterocycles. The maximum Gasteiger partial charge on any atom is 0.0475 e. The van der Waals surface area contributed by atoms with Gasteiger partial charge in [-0.25, -0.2) is 0 Å². The SMILES string of the molecule is CN(C)Cc1ccc(CN2C=CCc3ccccc32)cc1. The van der Waals surface area contributed by atoms with E-state index >= 15 is 0 Å². The monoisotopic (exact) mass is 278 g/mol. The van der Waals surface area contributed by atoms with Crippen LogP contribution in [-0.4, -0.2) is 19.0 Å². The zero-order valence-corrected chi connectivity index (χ0v) is 12.8. The van der Waals surface area contributed by atoms with Gasteiger partial charge in [-0.2, -0.15) is 0 Å². The molecule has 0 atom stereocenters. The number of nitrogens with zero attached hydrogens (tertiary/aromatic N) is 2. The maximum atomic E-state index is 2.33. The number of hydrogen-bond donors (Lipinski definition) is 0. The smallest absolute Gasteiger partial charge is 0.0475 e. The molecule has 0 aromatic heterocycles. The summed E-state index contributed by atoms with van der Waals surface area (Å²) in [6.07, 6.45) is 5.48. The minimum absolute atomic E-state index is 0.926. The van der Waals surface area contributed by atoms with E-state index in [1.807, 2.05) is 0 Å². The first-order valence-corrected chi connectivity index (χ1v) is 7.46. The van der Waals surface area contributed by atoms with Gasteiger partial charge in [-0.3, -0.25) is 0 Å². The summed E-state index contributed by atoms with van der Waals surface area (Å²) in [5.41, 5.74) is 5.44. The highest BCUT2D eigenvalue weighted by molar-refractivity contribution is 5.59. The molecule has 0 aliphatic carbocycles. The van der Waals surface area contributed by atoms with E-state index in [0.29, 0.717) is 0 Å². The number of hydrogen-bond acceptors (Lipinski definition) is 2. The molecule has 0 saturated carbocycles. The lowest BCUT2D eigenvalue weighted by Crippen LogP contribution is -2.19. The van der Waals surface area contributed by atoms with Crippen molar-refractivity contribution < 1.29 is 0 Å². The van der Waals surface area contributed by atoms with Crippen molar-refractivity contribution >= 4 is 5.69 Å². The molecule has 0 radical (unpaired) electrons. The quantitative estimate of drug-likeness (QED) is 0.839. The molecule has 0 saturated heterocycles. The van der Waals surface area contributed by atoms with Crippen molar-refractivity contribution in [2.45, 2.75) is 19.5 Å². The molecule has 2 heteroatoms. The molecule has 0 fully saturated rings. The van der Waals surface area contributed by atoms with Crippen molar-refractivity contribution in [1.29, 1.82) is 0 Å². The Hall–Kier alpha value is -2.06. The number of rotatable bonds is 4. The minimum Gasteiger partial charge on any atom is -0.344 e. The molecule has 2 nitrogen and oxygen atoms in total. The summed E-state index contributed by atoms with van der Waals surface area (Å²) in [4.78, 5) is 4.53. The van der Waals surface area contributed by atoms with Crippen LogP contribution >= 0.6 is 0 Å². The molecular weight excluding hydrogens is 256 g/mol. The van der Waals surface area contributed by atoms with Gasteiger partial charge in [0.15, 0.2) is 0 Å². The lowest BCUT2D eigenvalue weighted by molar-refractivity contribution is 0.402. The first-order valence-electron chi connectivity index (χ1n) is 7.46. The second-order valence-electron chi connectivity index (χ2n) is 5.90. The summed E-state index contributed by atoms with van der Waals surface area (Å²) in [6.45, 7) is 1.92. The van der Waals surface area contributed by atoms with Gasteiger partial charge in [-0.1, -0.05) is 48.5 Å². The first kappa shape index (κ1) is 13.9. The third kappa shape index (κ3) is 3.34. The lowest BCUT2D eigenvalue weighted by Gasteiger charge is -2.26. The van der Waals surface area contributed by atoms with Gasteiger partial charge in [0, 0.05) is 25.0 Å². The Balaban J connectivity index is 1.74. The molecule has 0 bridgehead atoms. The molecule has 0 amide bonds. The minimum atomic E-state index is 0.926. The fourth-order valence-corrected chi connectivity index (χ4v) is 2.80. The third-order valence-corrected chi connectivity index (χ3v) is 3.80. The number of fused-ring (bicyclic) bond motifs is 1. The van der Waals surface area contributed by atoms with Crippen molar-refractivity contribution in [3.8, 4) is 0 Å². The van der Waals surface area contributed by atoms with Crippen molar-refractivity contribution in [2.24, 2.45) is 0 Å². The van der Waals surface area contributed by atoms with Crippen LogP contribution < -0.4 is 4.90 Å². The zero-order chi connectivity index (χ0) is 14.7. The van der Waals surface area contributed by atoms with Crippen LogP contribution in [0.3, 0.4) is 0 Å². The van der Waals surface area contributed by atoms with Crippen LogP contribution in [0.2, 0.25) is 0 Å². The van der Waals surface area contributed by atoms with Crippen LogP contribution in [0.15, 0.2) is 60.8 Å². The van der Waals surface area contributed by atoms with Gasteiger partial charge < -0.3 is 9.80 Å². The fraction of sp³-hybridized carbons (Fsp3) is 0.263. The summed E-state index contributed by atoms with van der Waals surface area (Å²) < 4.78 is 0. The van der Waals surface area contributed by atoms with E-state index in [4.69, 9.17) is 0 Å². The van der Waals surface area contributed by atoms with Crippen LogP contribution in [0.4, 0.5) is 5.69 Å². The van der Waals surface area contributed by atoms with Gasteiger partial charge in [-0.05, 0) is 43.3 Å². The van der Waals surface area contributed by atoms with Gasteiger partial charge in [0.25, 0.3) is 0 Å². The van der Waals surface area contributed by atoms with Gasteiger partial charge in [0.05, 0.1) is 0 Å². The van der Waals surface area contributed by atoms with Crippen molar-refractivity contribution in [3.05, 3.63) is 77.5 Å². The van der Waals surface area contributed by atoms with E-state index in [2.05, 4.69) is 84.7 Å². The fourth-order valence-electron chi connectivity index (χ4n) is 2.80. The van der Waals surface area contributed by atoms with Crippen LogP contribution in [0.5, 0.6) is 0 Å². The number of para-hydroxylation sites is 1. The molecule has 0 spiro atoms. The highest BCUT2D eigenvalue weighted by Crippen LogP contribution is 2.27. The maximum absolute atomic E-state index is 2.33. The van der Waals surface area contributed by atoms with Gasteiger partial charge in [0.2, 0.25) is 0 Å². The summed E-state index contributed by atoms with van der Waals surface area (Å²) in [7, 11) is 4.20. The lowest BCUT2D eigenvalue weighted by atomic mass is 10.0. The Bertz CT molecular complexity index is 626. The van der Waals surface area contributed by atoms with Crippen LogP contribution in [0, 0.1) is 0 Å². The van der Waals surface area contributed by atoms with Gasteiger partial charge in [-0.15, -0.1) is 0 Å². The second-order valence-corrected chi connectivity index (χ2v) is 5.90. The topological polar surface area (TPSA) is 6.48 Å². The van der Waals surface area contributed by atoms with E-state index in [1.165, 1.54) is 22.4 Å². The Morgan fingerprint density at radius 1 is 0.952 bits per heavy atom. The van der Waals surface area contributed by atoms with Crippen molar-refractivity contribution in [1.82, 2.24) is 4.90 Å². The van der Waals surface area contributed by atoms with E-state index in [1.54, 1.807) is 0 Å². The summed E-state index contributed by atoms with van der Waals surface area (Å²) in [5, 5.41) is 0. The van der Waals surface area contributed by atoms with Gasteiger partial charge in [0.1, 0.15) is 0 Å². The average molecular weight is 278 g/mol. The average Bonchev–Trinajstić information content (AvgIpc) is 2.49. The van der Waals surface area contributed by atoms with Crippen molar-refractivity contribution in [3.63, 3.8) is 0 Å². The predicted octanol–water partition coefficient (Wildman–Crippen LogP) is 3.82. The van der Waals surface area contributed by atoms with E-state index in [0.717, 1.165) is 19.5 Å². The highest BCUT2D eigenvalue weighted by atomic mass is 15.1. The molecule has 1 aliphatic heterocycles. The summed E-state index contributed by atoms with van der Waals surface area (Å²) in [5.74, 6) is 0. The second kappa shape index (κ2) is 6.15. The molecule has 2 aromatic rings. The molecule has 0 unspecified atom stereocenters. The van der Waals surface area contributed by atoms with Crippen LogP contribution in [-0.2, 0) is 19.5 Å². The Labute approximate surface area is 127 Å². The van der Waals surface area contributed by atoms with E-state index in [-0.39, 0.29) is 0 Å². The molecule has 0 N–H and O–H groups in total. The number of allylic oxidation sites excluding steroid dienone is 1. The predicted molar refractivity (Wildman–Crippen MR) is 89.3 cm³/mol. The van der Waals surface area contributed by atoms with Crippen LogP contribution in [0.25, 0.3) is 0 Å². The molecule has 3 rings (SSSR count). The Kier molecular flexibility index (Phi) is 4.07. The largest absolute Gasteiger partial charge is 0.344 e. The standard InChI is InChI=1S/C19H22N2/c1-20(2)14-16-9-11-17(12-10-16)15-21-13-5-7-18-6-3-4-8-19(18)21/h3-6,8-13H,7,14-15H2,1-2H3.